The van der Waals surface area contributed by atoms with Crippen LogP contribution in [0.25, 0.3) is 0 Å². The maximum absolute atomic E-state index is 10.8. The molecule has 0 aromatic carbocycles. The van der Waals surface area contributed by atoms with E-state index in [4.69, 9.17) is 5.11 Å². The predicted octanol–water partition coefficient (Wildman–Crippen LogP) is 1.44. The van der Waals surface area contributed by atoms with Gasteiger partial charge in [0.1, 0.15) is 0 Å². The van der Waals surface area contributed by atoms with Crippen LogP contribution in [0, 0.1) is 5.41 Å². The number of rotatable bonds is 4. The number of carboxylic acid groups (broad SMARTS) is 1. The molecule has 0 saturated heterocycles. The molecule has 1 atom stereocenters. The molecule has 0 aromatic rings. The lowest BCUT2D eigenvalue weighted by Crippen LogP contribution is -2.34. The molecular weight excluding hydrogens is 154 g/mol. The van der Waals surface area contributed by atoms with Crippen LogP contribution in [0.4, 0.5) is 0 Å². The van der Waals surface area contributed by atoms with E-state index in [1.807, 2.05) is 25.9 Å². The Morgan fingerprint density at radius 3 is 2.17 bits per heavy atom. The highest BCUT2D eigenvalue weighted by molar-refractivity contribution is 5.73. The van der Waals surface area contributed by atoms with E-state index in [9.17, 15) is 4.79 Å². The van der Waals surface area contributed by atoms with E-state index in [0.29, 0.717) is 12.5 Å². The van der Waals surface area contributed by atoms with Crippen molar-refractivity contribution >= 4 is 5.97 Å². The fraction of sp³-hybridized carbons (Fsp3) is 0.889. The summed E-state index contributed by atoms with van der Waals surface area (Å²) in [6.07, 6.45) is 0.676. The van der Waals surface area contributed by atoms with Gasteiger partial charge in [-0.1, -0.05) is 0 Å². The van der Waals surface area contributed by atoms with Crippen molar-refractivity contribution in [3.8, 4) is 0 Å². The largest absolute Gasteiger partial charge is 0.481 e. The molecule has 3 nitrogen and oxygen atoms in total. The van der Waals surface area contributed by atoms with Gasteiger partial charge in [0.2, 0.25) is 0 Å². The third-order valence-electron chi connectivity index (χ3n) is 2.27. The first-order valence-corrected chi connectivity index (χ1v) is 4.17. The molecule has 0 aliphatic heterocycles. The molecule has 1 unspecified atom stereocenters. The molecule has 3 heteroatoms. The maximum Gasteiger partial charge on any atom is 0.309 e. The summed E-state index contributed by atoms with van der Waals surface area (Å²) in [6.45, 7) is 5.55. The van der Waals surface area contributed by atoms with Crippen LogP contribution in [-0.4, -0.2) is 36.1 Å². The smallest absolute Gasteiger partial charge is 0.309 e. The highest BCUT2D eigenvalue weighted by Gasteiger charge is 2.29. The van der Waals surface area contributed by atoms with Crippen molar-refractivity contribution in [1.29, 1.82) is 0 Å². The molecule has 0 saturated carbocycles. The monoisotopic (exact) mass is 173 g/mol. The van der Waals surface area contributed by atoms with Crippen LogP contribution in [0.2, 0.25) is 0 Å². The minimum atomic E-state index is -0.726. The zero-order valence-corrected chi connectivity index (χ0v) is 8.59. The van der Waals surface area contributed by atoms with Gasteiger partial charge in [-0.05, 0) is 41.3 Å². The van der Waals surface area contributed by atoms with Crippen molar-refractivity contribution in [2.24, 2.45) is 5.41 Å². The van der Waals surface area contributed by atoms with Crippen molar-refractivity contribution in [3.05, 3.63) is 0 Å². The van der Waals surface area contributed by atoms with Crippen LogP contribution in [-0.2, 0) is 4.79 Å². The maximum atomic E-state index is 10.8. The molecule has 0 aromatic heterocycles. The van der Waals surface area contributed by atoms with Gasteiger partial charge in [0.25, 0.3) is 0 Å². The quantitative estimate of drug-likeness (QED) is 0.699. The molecule has 0 spiro atoms. The lowest BCUT2D eigenvalue weighted by atomic mass is 9.86. The SMILES string of the molecule is CC(CC(C)(C)C(=O)O)N(C)C. The Morgan fingerprint density at radius 2 is 1.92 bits per heavy atom. The molecule has 12 heavy (non-hydrogen) atoms. The van der Waals surface area contributed by atoms with Crippen molar-refractivity contribution in [2.45, 2.75) is 33.2 Å². The van der Waals surface area contributed by atoms with Crippen LogP contribution in [0.1, 0.15) is 27.2 Å². The van der Waals surface area contributed by atoms with E-state index in [0.717, 1.165) is 0 Å². The second-order valence-corrected chi connectivity index (χ2v) is 4.21. The van der Waals surface area contributed by atoms with E-state index in [1.165, 1.54) is 0 Å². The molecular formula is C9H19NO2. The summed E-state index contributed by atoms with van der Waals surface area (Å²) in [6, 6.07) is 0.302. The molecule has 0 heterocycles. The Labute approximate surface area is 74.4 Å². The average molecular weight is 173 g/mol. The summed E-state index contributed by atoms with van der Waals surface area (Å²) in [5.74, 6) is -0.726. The first kappa shape index (κ1) is 11.4. The van der Waals surface area contributed by atoms with Crippen LogP contribution in [0.5, 0.6) is 0 Å². The van der Waals surface area contributed by atoms with E-state index in [2.05, 4.69) is 0 Å². The van der Waals surface area contributed by atoms with Crippen LogP contribution >= 0.6 is 0 Å². The van der Waals surface area contributed by atoms with E-state index in [-0.39, 0.29) is 0 Å². The fourth-order valence-corrected chi connectivity index (χ4v) is 1.01. The first-order valence-electron chi connectivity index (χ1n) is 4.17. The van der Waals surface area contributed by atoms with Gasteiger partial charge in [-0.15, -0.1) is 0 Å². The number of carbonyl (C=O) groups is 1. The number of nitrogens with zero attached hydrogens (tertiary/aromatic N) is 1. The van der Waals surface area contributed by atoms with Gasteiger partial charge in [0.15, 0.2) is 0 Å². The number of aliphatic carboxylic acids is 1. The van der Waals surface area contributed by atoms with Crippen molar-refractivity contribution in [1.82, 2.24) is 4.90 Å². The minimum absolute atomic E-state index is 0.302. The second-order valence-electron chi connectivity index (χ2n) is 4.21. The molecule has 1 N–H and O–H groups in total. The number of carboxylic acids is 1. The zero-order valence-electron chi connectivity index (χ0n) is 8.59. The summed E-state index contributed by atoms with van der Waals surface area (Å²) in [4.78, 5) is 12.8. The summed E-state index contributed by atoms with van der Waals surface area (Å²) >= 11 is 0. The zero-order chi connectivity index (χ0) is 9.94. The van der Waals surface area contributed by atoms with E-state index in [1.54, 1.807) is 13.8 Å². The molecule has 0 aliphatic rings. The van der Waals surface area contributed by atoms with Gasteiger partial charge >= 0.3 is 5.97 Å². The second kappa shape index (κ2) is 3.90. The van der Waals surface area contributed by atoms with Gasteiger partial charge in [-0.2, -0.15) is 0 Å². The first-order chi connectivity index (χ1) is 5.27. The molecule has 0 aliphatic carbocycles. The Morgan fingerprint density at radius 1 is 1.50 bits per heavy atom. The molecule has 0 bridgehead atoms. The number of hydrogen-bond acceptors (Lipinski definition) is 2. The van der Waals surface area contributed by atoms with Crippen molar-refractivity contribution in [3.63, 3.8) is 0 Å². The molecule has 0 radical (unpaired) electrons. The normalized spacial score (nSPS) is 14.8. The van der Waals surface area contributed by atoms with Gasteiger partial charge in [-0.3, -0.25) is 4.79 Å². The predicted molar refractivity (Wildman–Crippen MR) is 49.2 cm³/mol. The summed E-state index contributed by atoms with van der Waals surface area (Å²) in [5.41, 5.74) is -0.621. The van der Waals surface area contributed by atoms with Crippen LogP contribution in [0.15, 0.2) is 0 Å². The standard InChI is InChI=1S/C9H19NO2/c1-7(10(4)5)6-9(2,3)8(11)12/h7H,6H2,1-5H3,(H,11,12). The highest BCUT2D eigenvalue weighted by Crippen LogP contribution is 2.23. The van der Waals surface area contributed by atoms with Gasteiger partial charge < -0.3 is 10.0 Å². The van der Waals surface area contributed by atoms with Crippen LogP contribution < -0.4 is 0 Å². The van der Waals surface area contributed by atoms with Gasteiger partial charge in [0.05, 0.1) is 5.41 Å². The summed E-state index contributed by atoms with van der Waals surface area (Å²) in [7, 11) is 3.92. The lowest BCUT2D eigenvalue weighted by molar-refractivity contribution is -0.147. The lowest BCUT2D eigenvalue weighted by Gasteiger charge is -2.27. The topological polar surface area (TPSA) is 40.5 Å². The Bertz CT molecular complexity index is 164. The summed E-state index contributed by atoms with van der Waals surface area (Å²) in [5, 5.41) is 8.85. The third-order valence-corrected chi connectivity index (χ3v) is 2.27. The van der Waals surface area contributed by atoms with E-state index < -0.39 is 11.4 Å². The highest BCUT2D eigenvalue weighted by atomic mass is 16.4. The van der Waals surface area contributed by atoms with Crippen LogP contribution in [0.3, 0.4) is 0 Å². The molecule has 0 rings (SSSR count). The number of hydrogen-bond donors (Lipinski definition) is 1. The fourth-order valence-electron chi connectivity index (χ4n) is 1.01. The Kier molecular flexibility index (Phi) is 3.71. The van der Waals surface area contributed by atoms with Gasteiger partial charge in [0, 0.05) is 6.04 Å². The van der Waals surface area contributed by atoms with Crippen molar-refractivity contribution in [2.75, 3.05) is 14.1 Å². The average Bonchev–Trinajstić information content (AvgIpc) is 1.85. The minimum Gasteiger partial charge on any atom is -0.481 e. The van der Waals surface area contributed by atoms with Crippen molar-refractivity contribution < 1.29 is 9.90 Å². The third kappa shape index (κ3) is 3.22. The molecule has 0 fully saturated rings. The molecule has 0 amide bonds. The molecule has 72 valence electrons. The van der Waals surface area contributed by atoms with Gasteiger partial charge in [-0.25, -0.2) is 0 Å². The Hall–Kier alpha value is -0.570. The Balaban J connectivity index is 4.15. The summed E-state index contributed by atoms with van der Waals surface area (Å²) < 4.78 is 0. The van der Waals surface area contributed by atoms with E-state index >= 15 is 0 Å².